The van der Waals surface area contributed by atoms with Gasteiger partial charge in [-0.3, -0.25) is 23.7 Å². The summed E-state index contributed by atoms with van der Waals surface area (Å²) in [7, 11) is 1.35. The van der Waals surface area contributed by atoms with Crippen LogP contribution in [0.1, 0.15) is 51.7 Å². The minimum Gasteiger partial charge on any atom is -0.480 e. The predicted octanol–water partition coefficient (Wildman–Crippen LogP) is 5.58. The van der Waals surface area contributed by atoms with Gasteiger partial charge >= 0.3 is 5.97 Å². The highest BCUT2D eigenvalue weighted by molar-refractivity contribution is 6.31. The van der Waals surface area contributed by atoms with Crippen molar-refractivity contribution in [3.63, 3.8) is 0 Å². The number of Topliss-reactive ketones (excluding diaryl/α,β-unsaturated/α-hetero) is 1. The van der Waals surface area contributed by atoms with Gasteiger partial charge in [-0.1, -0.05) is 23.7 Å². The van der Waals surface area contributed by atoms with Crippen molar-refractivity contribution < 1.29 is 29.0 Å². The van der Waals surface area contributed by atoms with Gasteiger partial charge < -0.3 is 19.9 Å². The maximum absolute atomic E-state index is 13.9. The minimum absolute atomic E-state index is 0.00716. The molecule has 0 bridgehead atoms. The van der Waals surface area contributed by atoms with Gasteiger partial charge in [-0.05, 0) is 91.2 Å². The van der Waals surface area contributed by atoms with E-state index in [1.807, 2.05) is 6.92 Å². The summed E-state index contributed by atoms with van der Waals surface area (Å²) in [4.78, 5) is 64.2. The summed E-state index contributed by atoms with van der Waals surface area (Å²) in [5.41, 5.74) is 2.27. The average molecular weight is 697 g/mol. The number of aromatic nitrogens is 3. The first-order chi connectivity index (χ1) is 24.0. The Morgan fingerprint density at radius 3 is 2.24 bits per heavy atom. The zero-order valence-electron chi connectivity index (χ0n) is 27.4. The Balaban J connectivity index is 1.53. The molecule has 0 radical (unpaired) electrons. The van der Waals surface area contributed by atoms with Crippen LogP contribution in [0.15, 0.2) is 101 Å². The Morgan fingerprint density at radius 1 is 0.900 bits per heavy atom. The highest BCUT2D eigenvalue weighted by atomic mass is 35.5. The van der Waals surface area contributed by atoms with E-state index < -0.39 is 23.5 Å². The van der Waals surface area contributed by atoms with Crippen molar-refractivity contribution in [3.8, 4) is 22.7 Å². The molecule has 2 aromatic heterocycles. The van der Waals surface area contributed by atoms with E-state index in [1.54, 1.807) is 48.7 Å². The molecule has 0 spiro atoms. The molecule has 256 valence electrons. The van der Waals surface area contributed by atoms with E-state index in [2.05, 4.69) is 10.4 Å². The third-order valence-electron chi connectivity index (χ3n) is 7.86. The van der Waals surface area contributed by atoms with Gasteiger partial charge in [-0.25, -0.2) is 9.48 Å². The largest absolute Gasteiger partial charge is 0.480 e. The standard InChI is InChI=1S/C37H33ClN4O8/c1-4-50-21-24-15-16-41(33(44)18-24)28-12-5-23(6-13-28)17-32(35(46)39-27-10-7-25(8-11-27)37(47)48)42-34(45)20-31(36(40-42)49-3)30-19-26(38)9-14-29(30)22(2)43/h5-16,18-20,32H,4,17,21H2,1-3H3,(H,39,46)(H,47,48). The second-order valence-electron chi connectivity index (χ2n) is 11.2. The normalized spacial score (nSPS) is 11.5. The van der Waals surface area contributed by atoms with Crippen molar-refractivity contribution in [1.82, 2.24) is 14.3 Å². The Hall–Kier alpha value is -5.85. The van der Waals surface area contributed by atoms with Crippen LogP contribution in [0.3, 0.4) is 0 Å². The molecule has 1 unspecified atom stereocenters. The van der Waals surface area contributed by atoms with E-state index in [1.165, 1.54) is 61.1 Å². The molecular formula is C37H33ClN4O8. The molecule has 5 rings (SSSR count). The summed E-state index contributed by atoms with van der Waals surface area (Å²) in [6, 6.07) is 20.4. The van der Waals surface area contributed by atoms with Crippen molar-refractivity contribution in [2.24, 2.45) is 0 Å². The quantitative estimate of drug-likeness (QED) is 0.150. The number of nitrogens with zero attached hydrogens (tertiary/aromatic N) is 3. The third-order valence-corrected chi connectivity index (χ3v) is 8.10. The van der Waals surface area contributed by atoms with Crippen LogP contribution >= 0.6 is 11.6 Å². The number of nitrogens with one attached hydrogen (secondary N) is 1. The van der Waals surface area contributed by atoms with Gasteiger partial charge in [0.15, 0.2) is 5.78 Å². The number of aromatic carboxylic acids is 1. The van der Waals surface area contributed by atoms with Crippen LogP contribution in [0.25, 0.3) is 16.8 Å². The molecule has 0 saturated carbocycles. The molecule has 1 atom stereocenters. The number of pyridine rings is 1. The Kier molecular flexibility index (Phi) is 11.0. The number of amides is 1. The molecule has 0 saturated heterocycles. The number of halogens is 1. The van der Waals surface area contributed by atoms with Crippen molar-refractivity contribution in [2.45, 2.75) is 32.9 Å². The number of hydrogen-bond acceptors (Lipinski definition) is 8. The van der Waals surface area contributed by atoms with Crippen molar-refractivity contribution in [2.75, 3.05) is 19.0 Å². The summed E-state index contributed by atoms with van der Waals surface area (Å²) in [6.45, 7) is 4.12. The summed E-state index contributed by atoms with van der Waals surface area (Å²) in [5, 5.41) is 16.8. The lowest BCUT2D eigenvalue weighted by molar-refractivity contribution is -0.119. The Morgan fingerprint density at radius 2 is 1.62 bits per heavy atom. The molecule has 13 heteroatoms. The second kappa shape index (κ2) is 15.6. The van der Waals surface area contributed by atoms with E-state index >= 15 is 0 Å². The lowest BCUT2D eigenvalue weighted by Gasteiger charge is -2.21. The molecule has 12 nitrogen and oxygen atoms in total. The molecule has 0 aliphatic rings. The van der Waals surface area contributed by atoms with Crippen LogP contribution in [-0.2, 0) is 22.6 Å². The van der Waals surface area contributed by atoms with Gasteiger partial charge in [-0.2, -0.15) is 0 Å². The van der Waals surface area contributed by atoms with E-state index in [0.717, 1.165) is 10.2 Å². The monoisotopic (exact) mass is 696 g/mol. The molecule has 5 aromatic rings. The number of carboxylic acids is 1. The van der Waals surface area contributed by atoms with Crippen LogP contribution in [0.2, 0.25) is 5.02 Å². The van der Waals surface area contributed by atoms with E-state index in [4.69, 9.17) is 21.1 Å². The maximum Gasteiger partial charge on any atom is 0.335 e. The van der Waals surface area contributed by atoms with Crippen molar-refractivity contribution in [3.05, 3.63) is 139 Å². The number of hydrogen-bond donors (Lipinski definition) is 2. The number of rotatable bonds is 13. The first-order valence-electron chi connectivity index (χ1n) is 15.5. The molecular weight excluding hydrogens is 664 g/mol. The fourth-order valence-corrected chi connectivity index (χ4v) is 5.51. The second-order valence-corrected chi connectivity index (χ2v) is 11.7. The molecule has 2 heterocycles. The summed E-state index contributed by atoms with van der Waals surface area (Å²) < 4.78 is 13.4. The zero-order valence-corrected chi connectivity index (χ0v) is 28.1. The molecule has 3 aromatic carbocycles. The molecule has 2 N–H and O–H groups in total. The van der Waals surface area contributed by atoms with Crippen molar-refractivity contribution in [1.29, 1.82) is 0 Å². The van der Waals surface area contributed by atoms with Gasteiger partial charge in [0.25, 0.3) is 11.1 Å². The van der Waals surface area contributed by atoms with Gasteiger partial charge in [0, 0.05) is 53.3 Å². The van der Waals surface area contributed by atoms with E-state index in [0.29, 0.717) is 46.3 Å². The van der Waals surface area contributed by atoms with E-state index in [9.17, 15) is 29.1 Å². The van der Waals surface area contributed by atoms with Crippen LogP contribution < -0.4 is 21.2 Å². The molecule has 0 aliphatic carbocycles. The van der Waals surface area contributed by atoms with Crippen LogP contribution in [-0.4, -0.2) is 50.8 Å². The predicted molar refractivity (Wildman–Crippen MR) is 188 cm³/mol. The highest BCUT2D eigenvalue weighted by Crippen LogP contribution is 2.33. The first-order valence-corrected chi connectivity index (χ1v) is 15.9. The summed E-state index contributed by atoms with van der Waals surface area (Å²) in [6.07, 6.45) is 1.65. The molecule has 0 fully saturated rings. The molecule has 50 heavy (non-hydrogen) atoms. The van der Waals surface area contributed by atoms with Gasteiger partial charge in [0.1, 0.15) is 6.04 Å². The fraction of sp³-hybridized carbons (Fsp3) is 0.189. The topological polar surface area (TPSA) is 159 Å². The van der Waals surface area contributed by atoms with Crippen LogP contribution in [0, 0.1) is 0 Å². The van der Waals surface area contributed by atoms with Gasteiger partial charge in [0.05, 0.1) is 24.8 Å². The summed E-state index contributed by atoms with van der Waals surface area (Å²) >= 11 is 6.24. The zero-order chi connectivity index (χ0) is 35.9. The highest BCUT2D eigenvalue weighted by Gasteiger charge is 2.27. The Bertz CT molecular complexity index is 2180. The average Bonchev–Trinajstić information content (AvgIpc) is 3.10. The van der Waals surface area contributed by atoms with Gasteiger partial charge in [-0.15, -0.1) is 5.10 Å². The van der Waals surface area contributed by atoms with Crippen LogP contribution in [0.4, 0.5) is 5.69 Å². The van der Waals surface area contributed by atoms with E-state index in [-0.39, 0.29) is 34.8 Å². The number of anilines is 1. The summed E-state index contributed by atoms with van der Waals surface area (Å²) in [5.74, 6) is -2.03. The number of carboxylic acid groups (broad SMARTS) is 1. The number of ether oxygens (including phenoxy) is 2. The lowest BCUT2D eigenvalue weighted by atomic mass is 9.98. The van der Waals surface area contributed by atoms with Crippen LogP contribution in [0.5, 0.6) is 5.88 Å². The number of carbonyl (C=O) groups is 3. The number of methoxy groups -OCH3 is 1. The lowest BCUT2D eigenvalue weighted by Crippen LogP contribution is -2.36. The minimum atomic E-state index is -1.22. The Labute approximate surface area is 291 Å². The molecule has 0 aliphatic heterocycles. The number of benzene rings is 3. The fourth-order valence-electron chi connectivity index (χ4n) is 5.34. The van der Waals surface area contributed by atoms with Crippen molar-refractivity contribution >= 4 is 34.9 Å². The number of ketones is 1. The smallest absolute Gasteiger partial charge is 0.335 e. The SMILES string of the molecule is CCOCc1ccn(-c2ccc(CC(C(=O)Nc3ccc(C(=O)O)cc3)n3nc(OC)c(-c4cc(Cl)ccc4C(C)=O)cc3=O)cc2)c(=O)c1. The first kappa shape index (κ1) is 35.5. The molecule has 1 amide bonds. The van der Waals surface area contributed by atoms with Gasteiger partial charge in [0.2, 0.25) is 11.8 Å². The maximum atomic E-state index is 13.9. The third kappa shape index (κ3) is 8.05. The number of carbonyl (C=O) groups excluding carboxylic acids is 2.